The first-order valence-corrected chi connectivity index (χ1v) is 6.56. The minimum Gasteiger partial charge on any atom is -0.309 e. The van der Waals surface area contributed by atoms with Gasteiger partial charge in [-0.1, -0.05) is 48.7 Å². The van der Waals surface area contributed by atoms with Crippen LogP contribution >= 0.6 is 24.4 Å². The Bertz CT molecular complexity index is 411. The van der Waals surface area contributed by atoms with Gasteiger partial charge in [-0.05, 0) is 23.3 Å². The van der Waals surface area contributed by atoms with E-state index in [9.17, 15) is 0 Å². The van der Waals surface area contributed by atoms with Crippen LogP contribution in [0.1, 0.15) is 12.8 Å². The van der Waals surface area contributed by atoms with Gasteiger partial charge in [-0.25, -0.2) is 0 Å². The summed E-state index contributed by atoms with van der Waals surface area (Å²) in [5.74, 6) is 0. The van der Waals surface area contributed by atoms with E-state index in [0.29, 0.717) is 0 Å². The number of allylic oxidation sites excluding steroid dienone is 4. The topological polar surface area (TPSA) is 12.0 Å². The fourth-order valence-corrected chi connectivity index (χ4v) is 2.35. The van der Waals surface area contributed by atoms with Crippen LogP contribution in [-0.4, -0.2) is 22.8 Å². The second kappa shape index (κ2) is 6.15. The zero-order chi connectivity index (χ0) is 12.1. The van der Waals surface area contributed by atoms with Crippen molar-refractivity contribution in [3.63, 3.8) is 0 Å². The largest absolute Gasteiger partial charge is 0.309 e. The van der Waals surface area contributed by atoms with Crippen molar-refractivity contribution in [1.29, 1.82) is 0 Å². The summed E-state index contributed by atoms with van der Waals surface area (Å²) in [5, 5.41) is 3.41. The summed E-state index contributed by atoms with van der Waals surface area (Å²) in [6, 6.07) is 0. The van der Waals surface area contributed by atoms with Crippen LogP contribution in [-0.2, 0) is 0 Å². The molecular formula is C14H15NS2. The lowest BCUT2D eigenvalue weighted by molar-refractivity contribution is 0.808. The van der Waals surface area contributed by atoms with E-state index in [2.05, 4.69) is 41.8 Å². The molecule has 2 aliphatic carbocycles. The molecule has 2 rings (SSSR count). The number of hydrogen-bond donors (Lipinski definition) is 1. The summed E-state index contributed by atoms with van der Waals surface area (Å²) in [6.45, 7) is 1.71. The van der Waals surface area contributed by atoms with Gasteiger partial charge in [-0.15, -0.1) is 0 Å². The molecule has 0 aromatic rings. The SMILES string of the molecule is S=C1C=C(CNCC2=CC(=S)CC=C2)C=CC1. The van der Waals surface area contributed by atoms with Gasteiger partial charge in [-0.3, -0.25) is 0 Å². The van der Waals surface area contributed by atoms with Crippen molar-refractivity contribution in [3.8, 4) is 0 Å². The van der Waals surface area contributed by atoms with Gasteiger partial charge in [-0.2, -0.15) is 0 Å². The van der Waals surface area contributed by atoms with E-state index in [0.717, 1.165) is 35.7 Å². The van der Waals surface area contributed by atoms with Gasteiger partial charge in [0.25, 0.3) is 0 Å². The molecule has 0 atom stereocenters. The molecule has 0 heterocycles. The van der Waals surface area contributed by atoms with Gasteiger partial charge >= 0.3 is 0 Å². The fourth-order valence-electron chi connectivity index (χ4n) is 1.85. The third-order valence-corrected chi connectivity index (χ3v) is 3.22. The summed E-state index contributed by atoms with van der Waals surface area (Å²) in [6.07, 6.45) is 14.5. The van der Waals surface area contributed by atoms with Gasteiger partial charge in [0.05, 0.1) is 0 Å². The molecule has 0 spiro atoms. The van der Waals surface area contributed by atoms with Crippen LogP contribution in [0, 0.1) is 0 Å². The van der Waals surface area contributed by atoms with E-state index in [1.54, 1.807) is 0 Å². The van der Waals surface area contributed by atoms with Crippen LogP contribution in [0.4, 0.5) is 0 Å². The van der Waals surface area contributed by atoms with E-state index in [1.165, 1.54) is 11.1 Å². The predicted molar refractivity (Wildman–Crippen MR) is 81.7 cm³/mol. The maximum absolute atomic E-state index is 5.18. The molecule has 0 aliphatic heterocycles. The summed E-state index contributed by atoms with van der Waals surface area (Å²) >= 11 is 10.4. The summed E-state index contributed by atoms with van der Waals surface area (Å²) in [4.78, 5) is 2.03. The minimum absolute atomic E-state index is 0.856. The molecule has 88 valence electrons. The number of thiocarbonyl (C=S) groups is 2. The Hall–Kier alpha value is -0.900. The van der Waals surface area contributed by atoms with Crippen LogP contribution in [0.2, 0.25) is 0 Å². The molecule has 17 heavy (non-hydrogen) atoms. The summed E-state index contributed by atoms with van der Waals surface area (Å²) in [5.41, 5.74) is 2.51. The molecule has 3 heteroatoms. The zero-order valence-electron chi connectivity index (χ0n) is 9.61. The molecule has 1 nitrogen and oxygen atoms in total. The van der Waals surface area contributed by atoms with Crippen molar-refractivity contribution >= 4 is 34.2 Å². The molecule has 0 saturated heterocycles. The Kier molecular flexibility index (Phi) is 4.54. The normalized spacial score (nSPS) is 19.3. The third-order valence-electron chi connectivity index (χ3n) is 2.65. The molecule has 0 unspecified atom stereocenters. The molecule has 0 radical (unpaired) electrons. The van der Waals surface area contributed by atoms with Crippen LogP contribution in [0.25, 0.3) is 0 Å². The third kappa shape index (κ3) is 4.11. The minimum atomic E-state index is 0.856. The summed E-state index contributed by atoms with van der Waals surface area (Å²) in [7, 11) is 0. The van der Waals surface area contributed by atoms with E-state index in [-0.39, 0.29) is 0 Å². The Balaban J connectivity index is 1.80. The lowest BCUT2D eigenvalue weighted by Crippen LogP contribution is -2.21. The van der Waals surface area contributed by atoms with Crippen molar-refractivity contribution < 1.29 is 0 Å². The first kappa shape index (κ1) is 12.6. The smallest absolute Gasteiger partial charge is 0.0208 e. The Labute approximate surface area is 113 Å². The van der Waals surface area contributed by atoms with Gasteiger partial charge in [0.2, 0.25) is 0 Å². The maximum Gasteiger partial charge on any atom is 0.0208 e. The van der Waals surface area contributed by atoms with Gasteiger partial charge < -0.3 is 5.32 Å². The van der Waals surface area contributed by atoms with Crippen molar-refractivity contribution in [2.24, 2.45) is 0 Å². The van der Waals surface area contributed by atoms with E-state index < -0.39 is 0 Å². The average Bonchev–Trinajstić information content (AvgIpc) is 2.29. The van der Waals surface area contributed by atoms with Crippen LogP contribution in [0.3, 0.4) is 0 Å². The van der Waals surface area contributed by atoms with Crippen LogP contribution in [0.5, 0.6) is 0 Å². The quantitative estimate of drug-likeness (QED) is 0.781. The van der Waals surface area contributed by atoms with Gasteiger partial charge in [0, 0.05) is 35.7 Å². The molecule has 0 saturated carbocycles. The second-order valence-corrected chi connectivity index (χ2v) is 5.24. The first-order chi connectivity index (χ1) is 8.24. The lowest BCUT2D eigenvalue weighted by Gasteiger charge is -2.11. The number of hydrogen-bond acceptors (Lipinski definition) is 3. The van der Waals surface area contributed by atoms with Crippen molar-refractivity contribution in [3.05, 3.63) is 47.6 Å². The highest BCUT2D eigenvalue weighted by molar-refractivity contribution is 7.81. The molecule has 0 amide bonds. The summed E-state index contributed by atoms with van der Waals surface area (Å²) < 4.78 is 0. The average molecular weight is 261 g/mol. The number of nitrogens with one attached hydrogen (secondary N) is 1. The van der Waals surface area contributed by atoms with Gasteiger partial charge in [0.1, 0.15) is 0 Å². The maximum atomic E-state index is 5.18. The molecule has 0 bridgehead atoms. The monoisotopic (exact) mass is 261 g/mol. The highest BCUT2D eigenvalue weighted by Gasteiger charge is 2.03. The number of rotatable bonds is 4. The Morgan fingerprint density at radius 1 is 0.882 bits per heavy atom. The van der Waals surface area contributed by atoms with Gasteiger partial charge in [0.15, 0.2) is 0 Å². The second-order valence-electron chi connectivity index (χ2n) is 4.19. The highest BCUT2D eigenvalue weighted by Crippen LogP contribution is 2.09. The molecule has 1 N–H and O–H groups in total. The first-order valence-electron chi connectivity index (χ1n) is 5.74. The van der Waals surface area contributed by atoms with E-state index in [1.807, 2.05) is 0 Å². The molecule has 0 aromatic carbocycles. The lowest BCUT2D eigenvalue weighted by atomic mass is 10.1. The standard InChI is InChI=1S/C14H15NS2/c16-13-5-1-3-11(7-13)9-15-10-12-4-2-6-14(17)8-12/h1-4,7-8,15H,5-6,9-10H2. The van der Waals surface area contributed by atoms with E-state index >= 15 is 0 Å². The fraction of sp³-hybridized carbons (Fsp3) is 0.286. The van der Waals surface area contributed by atoms with E-state index in [4.69, 9.17) is 24.4 Å². The predicted octanol–water partition coefficient (Wildman–Crippen LogP) is 3.09. The Morgan fingerprint density at radius 3 is 1.76 bits per heavy atom. The molecule has 0 aromatic heterocycles. The highest BCUT2D eigenvalue weighted by atomic mass is 32.1. The zero-order valence-corrected chi connectivity index (χ0v) is 11.2. The Morgan fingerprint density at radius 2 is 1.35 bits per heavy atom. The molecule has 0 fully saturated rings. The van der Waals surface area contributed by atoms with Crippen LogP contribution < -0.4 is 5.32 Å². The molecular weight excluding hydrogens is 246 g/mol. The molecule has 2 aliphatic rings. The van der Waals surface area contributed by atoms with Crippen molar-refractivity contribution in [1.82, 2.24) is 5.32 Å². The van der Waals surface area contributed by atoms with Crippen molar-refractivity contribution in [2.75, 3.05) is 13.1 Å². The van der Waals surface area contributed by atoms with Crippen LogP contribution in [0.15, 0.2) is 47.6 Å². The van der Waals surface area contributed by atoms with Crippen molar-refractivity contribution in [2.45, 2.75) is 12.8 Å².